The van der Waals surface area contributed by atoms with Crippen molar-refractivity contribution >= 4 is 45.0 Å². The Hall–Kier alpha value is -2.78. The van der Waals surface area contributed by atoms with E-state index < -0.39 is 21.2 Å². The maximum atomic E-state index is 13.1. The van der Waals surface area contributed by atoms with Crippen molar-refractivity contribution in [2.24, 2.45) is 0 Å². The van der Waals surface area contributed by atoms with Gasteiger partial charge in [0.2, 0.25) is 10.0 Å². The van der Waals surface area contributed by atoms with Crippen molar-refractivity contribution in [2.45, 2.75) is 49.8 Å². The van der Waals surface area contributed by atoms with Gasteiger partial charge in [-0.1, -0.05) is 37.6 Å². The molecule has 0 radical (unpaired) electrons. The van der Waals surface area contributed by atoms with Crippen LogP contribution in [0, 0.1) is 0 Å². The van der Waals surface area contributed by atoms with Crippen molar-refractivity contribution < 1.29 is 22.7 Å². The highest BCUT2D eigenvalue weighted by molar-refractivity contribution is 7.91. The number of nitrogens with zero attached hydrogens (tertiary/aromatic N) is 1. The van der Waals surface area contributed by atoms with Crippen molar-refractivity contribution in [3.05, 3.63) is 58.1 Å². The fraction of sp³-hybridized carbons (Fsp3) is 0.417. The summed E-state index contributed by atoms with van der Waals surface area (Å²) >= 11 is 6.35. The molecule has 0 aromatic heterocycles. The molecule has 2 fully saturated rings. The van der Waals surface area contributed by atoms with Gasteiger partial charge >= 0.3 is 6.09 Å². The van der Waals surface area contributed by atoms with E-state index in [1.54, 1.807) is 4.90 Å². The first-order valence-electron chi connectivity index (χ1n) is 11.3. The molecular formula is C24H26ClN3O5S. The standard InChI is InChI=1S/C24H26ClN3O5S/c1-24(2)13-20(14-4-3-5-16(10-14)28-8-9-33-23(28)30)26-21-18(11-15(25)12-19(21)24)22(29)27-34(31,32)17-6-7-17/h3-5,10-12,17,20,26H,6-9,13H2,1-2H3,(H,27,29). The lowest BCUT2D eigenvalue weighted by atomic mass is 9.73. The molecule has 180 valence electrons. The third-order valence-corrected chi connectivity index (χ3v) is 8.69. The largest absolute Gasteiger partial charge is 0.447 e. The van der Waals surface area contributed by atoms with Gasteiger partial charge in [-0.2, -0.15) is 0 Å². The number of amides is 2. The predicted octanol–water partition coefficient (Wildman–Crippen LogP) is 4.35. The van der Waals surface area contributed by atoms with Crippen molar-refractivity contribution in [1.29, 1.82) is 0 Å². The van der Waals surface area contributed by atoms with Gasteiger partial charge < -0.3 is 10.1 Å². The Balaban J connectivity index is 1.51. The second kappa shape index (κ2) is 8.16. The number of benzene rings is 2. The van der Waals surface area contributed by atoms with E-state index in [-0.39, 0.29) is 23.1 Å². The number of rotatable bonds is 5. The van der Waals surface area contributed by atoms with Crippen molar-refractivity contribution in [3.8, 4) is 0 Å². The molecule has 1 saturated carbocycles. The summed E-state index contributed by atoms with van der Waals surface area (Å²) in [5.41, 5.74) is 2.95. The van der Waals surface area contributed by atoms with Crippen molar-refractivity contribution in [2.75, 3.05) is 23.4 Å². The molecule has 1 unspecified atom stereocenters. The van der Waals surface area contributed by atoms with E-state index in [2.05, 4.69) is 23.9 Å². The average molecular weight is 504 g/mol. The number of carbonyl (C=O) groups excluding carboxylic acids is 2. The van der Waals surface area contributed by atoms with E-state index in [1.807, 2.05) is 30.3 Å². The number of ether oxygens (including phenoxy) is 1. The molecule has 0 spiro atoms. The molecule has 2 aromatic rings. The fourth-order valence-corrected chi connectivity index (χ4v) is 6.22. The Morgan fingerprint density at radius 3 is 2.68 bits per heavy atom. The van der Waals surface area contributed by atoms with Gasteiger partial charge in [0.1, 0.15) is 6.61 Å². The second-order valence-electron chi connectivity index (χ2n) is 9.70. The van der Waals surface area contributed by atoms with Crippen LogP contribution < -0.4 is 14.9 Å². The maximum Gasteiger partial charge on any atom is 0.414 e. The van der Waals surface area contributed by atoms with Crippen LogP contribution in [0.4, 0.5) is 16.2 Å². The maximum absolute atomic E-state index is 13.1. The van der Waals surface area contributed by atoms with Crippen molar-refractivity contribution in [1.82, 2.24) is 4.72 Å². The molecule has 1 saturated heterocycles. The molecule has 1 atom stereocenters. The molecule has 0 bridgehead atoms. The minimum atomic E-state index is -3.71. The summed E-state index contributed by atoms with van der Waals surface area (Å²) in [6.07, 6.45) is 1.45. The summed E-state index contributed by atoms with van der Waals surface area (Å²) in [6.45, 7) is 4.99. The summed E-state index contributed by atoms with van der Waals surface area (Å²) in [4.78, 5) is 26.7. The third-order valence-electron chi connectivity index (χ3n) is 6.65. The SMILES string of the molecule is CC1(C)CC(c2cccc(N3CCOC3=O)c2)Nc2c(C(=O)NS(=O)(=O)C3CC3)cc(Cl)cc21. The summed E-state index contributed by atoms with van der Waals surface area (Å²) in [7, 11) is -3.71. The Morgan fingerprint density at radius 2 is 2.00 bits per heavy atom. The average Bonchev–Trinajstić information content (AvgIpc) is 3.55. The van der Waals surface area contributed by atoms with Gasteiger partial charge in [-0.3, -0.25) is 9.69 Å². The molecule has 1 aliphatic carbocycles. The number of carbonyl (C=O) groups is 2. The first-order chi connectivity index (χ1) is 16.0. The Morgan fingerprint density at radius 1 is 1.24 bits per heavy atom. The molecule has 10 heteroatoms. The van der Waals surface area contributed by atoms with Gasteiger partial charge in [0.15, 0.2) is 0 Å². The number of cyclic esters (lactones) is 1. The normalized spacial score (nSPS) is 21.4. The Bertz CT molecular complexity index is 1290. The van der Waals surface area contributed by atoms with E-state index in [0.29, 0.717) is 43.1 Å². The van der Waals surface area contributed by atoms with Gasteiger partial charge in [-0.15, -0.1) is 0 Å². The molecule has 2 aromatic carbocycles. The first kappa shape index (κ1) is 23.0. The van der Waals surface area contributed by atoms with Crippen LogP contribution >= 0.6 is 11.6 Å². The summed E-state index contributed by atoms with van der Waals surface area (Å²) in [5.74, 6) is -0.692. The monoisotopic (exact) mass is 503 g/mol. The zero-order valence-corrected chi connectivity index (χ0v) is 20.5. The zero-order chi connectivity index (χ0) is 24.3. The van der Waals surface area contributed by atoms with Crippen LogP contribution in [0.25, 0.3) is 0 Å². The van der Waals surface area contributed by atoms with Crippen LogP contribution in [-0.2, 0) is 20.2 Å². The number of fused-ring (bicyclic) bond motifs is 1. The van der Waals surface area contributed by atoms with Gasteiger partial charge in [-0.05, 0) is 60.1 Å². The van der Waals surface area contributed by atoms with E-state index in [1.165, 1.54) is 6.07 Å². The van der Waals surface area contributed by atoms with Crippen LogP contribution in [0.1, 0.15) is 60.6 Å². The number of sulfonamides is 1. The molecule has 5 rings (SSSR count). The van der Waals surface area contributed by atoms with Crippen LogP contribution in [0.3, 0.4) is 0 Å². The molecule has 8 nitrogen and oxygen atoms in total. The quantitative estimate of drug-likeness (QED) is 0.628. The highest BCUT2D eigenvalue weighted by Crippen LogP contribution is 2.47. The van der Waals surface area contributed by atoms with Crippen LogP contribution in [0.15, 0.2) is 36.4 Å². The lowest BCUT2D eigenvalue weighted by molar-refractivity contribution is 0.0981. The minimum absolute atomic E-state index is 0.172. The smallest absolute Gasteiger partial charge is 0.414 e. The van der Waals surface area contributed by atoms with Crippen LogP contribution in [-0.4, -0.2) is 38.8 Å². The minimum Gasteiger partial charge on any atom is -0.447 e. The van der Waals surface area contributed by atoms with Crippen LogP contribution in [0.2, 0.25) is 5.02 Å². The second-order valence-corrected chi connectivity index (χ2v) is 12.1. The van der Waals surface area contributed by atoms with E-state index in [9.17, 15) is 18.0 Å². The van der Waals surface area contributed by atoms with E-state index in [0.717, 1.165) is 16.8 Å². The Kier molecular flexibility index (Phi) is 5.52. The van der Waals surface area contributed by atoms with Gasteiger partial charge in [0.05, 0.1) is 29.1 Å². The third kappa shape index (κ3) is 4.22. The lowest BCUT2D eigenvalue weighted by Gasteiger charge is -2.40. The summed E-state index contributed by atoms with van der Waals surface area (Å²) in [5, 5.41) is 3.32. The van der Waals surface area contributed by atoms with Gasteiger partial charge in [0, 0.05) is 10.7 Å². The molecule has 2 aliphatic heterocycles. The highest BCUT2D eigenvalue weighted by Gasteiger charge is 2.40. The lowest BCUT2D eigenvalue weighted by Crippen LogP contribution is -2.36. The molecular weight excluding hydrogens is 478 g/mol. The van der Waals surface area contributed by atoms with Gasteiger partial charge in [-0.25, -0.2) is 17.9 Å². The topological polar surface area (TPSA) is 105 Å². The molecule has 2 amide bonds. The fourth-order valence-electron chi connectivity index (χ4n) is 4.71. The molecule has 34 heavy (non-hydrogen) atoms. The van der Waals surface area contributed by atoms with Crippen LogP contribution in [0.5, 0.6) is 0 Å². The number of nitrogens with one attached hydrogen (secondary N) is 2. The van der Waals surface area contributed by atoms with Crippen molar-refractivity contribution in [3.63, 3.8) is 0 Å². The zero-order valence-electron chi connectivity index (χ0n) is 18.9. The number of hydrogen-bond donors (Lipinski definition) is 2. The highest BCUT2D eigenvalue weighted by atomic mass is 35.5. The number of halogens is 1. The molecule has 2 N–H and O–H groups in total. The van der Waals surface area contributed by atoms with Gasteiger partial charge in [0.25, 0.3) is 5.91 Å². The van der Waals surface area contributed by atoms with E-state index >= 15 is 0 Å². The first-order valence-corrected chi connectivity index (χ1v) is 13.2. The summed E-state index contributed by atoms with van der Waals surface area (Å²) < 4.78 is 32.1. The summed E-state index contributed by atoms with van der Waals surface area (Å²) in [6, 6.07) is 10.8. The van der Waals surface area contributed by atoms with E-state index in [4.69, 9.17) is 16.3 Å². The number of hydrogen-bond acceptors (Lipinski definition) is 6. The number of anilines is 2. The molecule has 3 aliphatic rings. The predicted molar refractivity (Wildman–Crippen MR) is 130 cm³/mol. The Labute approximate surface area is 203 Å². The molecule has 2 heterocycles.